The van der Waals surface area contributed by atoms with Gasteiger partial charge in [-0.3, -0.25) is 9.59 Å². The molecule has 2 amide bonds. The van der Waals surface area contributed by atoms with E-state index in [0.717, 1.165) is 18.5 Å². The minimum atomic E-state index is -0.334. The van der Waals surface area contributed by atoms with Crippen LogP contribution in [0, 0.1) is 0 Å². The van der Waals surface area contributed by atoms with Crippen LogP contribution in [0.1, 0.15) is 33.6 Å². The number of halogens is 2. The van der Waals surface area contributed by atoms with Crippen LogP contribution in [0.15, 0.2) is 54.9 Å². The number of hydrogen-bond donors (Lipinski definition) is 2. The van der Waals surface area contributed by atoms with Gasteiger partial charge in [-0.2, -0.15) is 5.10 Å². The van der Waals surface area contributed by atoms with Gasteiger partial charge in [-0.05, 0) is 49.2 Å². The Morgan fingerprint density at radius 1 is 1.07 bits per heavy atom. The van der Waals surface area contributed by atoms with Crippen LogP contribution in [0.2, 0.25) is 10.0 Å². The van der Waals surface area contributed by atoms with Gasteiger partial charge in [0.05, 0.1) is 28.0 Å². The molecule has 0 spiro atoms. The highest BCUT2D eigenvalue weighted by atomic mass is 35.5. The fraction of sp³-hybridized carbons (Fsp3) is 0.150. The van der Waals surface area contributed by atoms with Crippen LogP contribution in [0.3, 0.4) is 0 Å². The second kappa shape index (κ2) is 7.66. The molecule has 2 N–H and O–H groups in total. The van der Waals surface area contributed by atoms with Gasteiger partial charge in [-0.25, -0.2) is 4.68 Å². The van der Waals surface area contributed by atoms with Gasteiger partial charge in [0.15, 0.2) is 0 Å². The van der Waals surface area contributed by atoms with E-state index in [4.69, 9.17) is 23.2 Å². The van der Waals surface area contributed by atoms with Gasteiger partial charge in [0, 0.05) is 22.9 Å². The Bertz CT molecular complexity index is 1060. The number of nitrogens with one attached hydrogen (secondary N) is 2. The average Bonchev–Trinajstić information content (AvgIpc) is 3.32. The van der Waals surface area contributed by atoms with Crippen LogP contribution in [-0.4, -0.2) is 27.6 Å². The number of amides is 2. The fourth-order valence-corrected chi connectivity index (χ4v) is 3.12. The predicted molar refractivity (Wildman–Crippen MR) is 108 cm³/mol. The minimum absolute atomic E-state index is 0.201. The first-order chi connectivity index (χ1) is 13.5. The first-order valence-electron chi connectivity index (χ1n) is 8.72. The van der Waals surface area contributed by atoms with Crippen molar-refractivity contribution in [3.05, 3.63) is 76.0 Å². The van der Waals surface area contributed by atoms with Crippen LogP contribution in [-0.2, 0) is 0 Å². The van der Waals surface area contributed by atoms with Crippen molar-refractivity contribution in [1.82, 2.24) is 15.1 Å². The molecule has 6 nitrogen and oxygen atoms in total. The summed E-state index contributed by atoms with van der Waals surface area (Å²) in [6.45, 7) is 0. The van der Waals surface area contributed by atoms with Crippen molar-refractivity contribution in [1.29, 1.82) is 0 Å². The highest BCUT2D eigenvalue weighted by molar-refractivity contribution is 6.34. The second-order valence-electron chi connectivity index (χ2n) is 6.55. The Morgan fingerprint density at radius 3 is 2.61 bits per heavy atom. The molecular formula is C20H16Cl2N4O2. The molecule has 3 aromatic rings. The molecular weight excluding hydrogens is 399 g/mol. The Balaban J connectivity index is 1.46. The molecule has 1 aliphatic rings. The van der Waals surface area contributed by atoms with E-state index in [-0.39, 0.29) is 22.9 Å². The van der Waals surface area contributed by atoms with E-state index >= 15 is 0 Å². The minimum Gasteiger partial charge on any atom is -0.349 e. The van der Waals surface area contributed by atoms with Crippen molar-refractivity contribution in [3.63, 3.8) is 0 Å². The smallest absolute Gasteiger partial charge is 0.258 e. The lowest BCUT2D eigenvalue weighted by molar-refractivity contribution is 0.0950. The van der Waals surface area contributed by atoms with E-state index in [2.05, 4.69) is 15.7 Å². The highest BCUT2D eigenvalue weighted by Gasteiger charge is 2.24. The lowest BCUT2D eigenvalue weighted by atomic mass is 10.2. The zero-order valence-electron chi connectivity index (χ0n) is 14.7. The molecule has 28 heavy (non-hydrogen) atoms. The van der Waals surface area contributed by atoms with E-state index < -0.39 is 0 Å². The molecule has 142 valence electrons. The van der Waals surface area contributed by atoms with Crippen LogP contribution < -0.4 is 10.6 Å². The first kappa shape index (κ1) is 18.5. The van der Waals surface area contributed by atoms with Crippen LogP contribution >= 0.6 is 23.2 Å². The third-order valence-electron chi connectivity index (χ3n) is 4.30. The number of anilines is 1. The van der Waals surface area contributed by atoms with Gasteiger partial charge in [-0.1, -0.05) is 29.3 Å². The Morgan fingerprint density at radius 2 is 1.89 bits per heavy atom. The lowest BCUT2D eigenvalue weighted by Gasteiger charge is -2.08. The van der Waals surface area contributed by atoms with Crippen molar-refractivity contribution in [2.24, 2.45) is 0 Å². The molecule has 2 aromatic carbocycles. The third-order valence-corrected chi connectivity index (χ3v) is 4.85. The Kier molecular flexibility index (Phi) is 5.07. The van der Waals surface area contributed by atoms with E-state index in [0.29, 0.717) is 21.8 Å². The van der Waals surface area contributed by atoms with Gasteiger partial charge in [0.2, 0.25) is 0 Å². The van der Waals surface area contributed by atoms with E-state index in [1.807, 2.05) is 12.1 Å². The summed E-state index contributed by atoms with van der Waals surface area (Å²) < 4.78 is 1.57. The Hall–Kier alpha value is -2.83. The molecule has 0 unspecified atom stereocenters. The molecule has 0 atom stereocenters. The van der Waals surface area contributed by atoms with E-state index in [1.54, 1.807) is 41.2 Å². The molecule has 1 aromatic heterocycles. The molecule has 1 saturated carbocycles. The third kappa shape index (κ3) is 4.18. The van der Waals surface area contributed by atoms with Crippen molar-refractivity contribution in [3.8, 4) is 5.69 Å². The summed E-state index contributed by atoms with van der Waals surface area (Å²) in [5.41, 5.74) is 2.01. The van der Waals surface area contributed by atoms with Gasteiger partial charge >= 0.3 is 0 Å². The van der Waals surface area contributed by atoms with Gasteiger partial charge in [0.25, 0.3) is 11.8 Å². The first-order valence-corrected chi connectivity index (χ1v) is 9.47. The van der Waals surface area contributed by atoms with Crippen molar-refractivity contribution < 1.29 is 9.59 Å². The standard InChI is InChI=1S/C20H16Cl2N4O2/c21-13-2-1-3-16(8-13)26-11-12(10-23-26)19(27)25-15-6-7-17(18(22)9-15)20(28)24-14-4-5-14/h1-3,6-11,14H,4-5H2,(H,24,28)(H,25,27). The molecule has 0 bridgehead atoms. The summed E-state index contributed by atoms with van der Waals surface area (Å²) in [5.74, 6) is -0.535. The normalized spacial score (nSPS) is 13.2. The number of nitrogens with zero attached hydrogens (tertiary/aromatic N) is 2. The summed E-state index contributed by atoms with van der Waals surface area (Å²) >= 11 is 12.2. The molecule has 1 heterocycles. The second-order valence-corrected chi connectivity index (χ2v) is 7.39. The van der Waals surface area contributed by atoms with Gasteiger partial charge in [0.1, 0.15) is 0 Å². The van der Waals surface area contributed by atoms with Gasteiger partial charge in [-0.15, -0.1) is 0 Å². The largest absolute Gasteiger partial charge is 0.349 e. The zero-order chi connectivity index (χ0) is 19.7. The molecule has 0 radical (unpaired) electrons. The summed E-state index contributed by atoms with van der Waals surface area (Å²) in [4.78, 5) is 24.6. The van der Waals surface area contributed by atoms with Gasteiger partial charge < -0.3 is 10.6 Å². The number of carbonyl (C=O) groups excluding carboxylic acids is 2. The van der Waals surface area contributed by atoms with E-state index in [1.165, 1.54) is 6.20 Å². The summed E-state index contributed by atoms with van der Waals surface area (Å²) in [6.07, 6.45) is 5.08. The van der Waals surface area contributed by atoms with E-state index in [9.17, 15) is 9.59 Å². The SMILES string of the molecule is O=C(Nc1ccc(C(=O)NC2CC2)c(Cl)c1)c1cnn(-c2cccc(Cl)c2)c1. The van der Waals surface area contributed by atoms with Crippen LogP contribution in [0.4, 0.5) is 5.69 Å². The maximum absolute atomic E-state index is 12.5. The molecule has 0 aliphatic heterocycles. The molecule has 1 aliphatic carbocycles. The maximum Gasteiger partial charge on any atom is 0.258 e. The molecule has 0 saturated heterocycles. The van der Waals surface area contributed by atoms with Crippen molar-refractivity contribution >= 4 is 40.7 Å². The Labute approximate surface area is 171 Å². The fourth-order valence-electron chi connectivity index (χ4n) is 2.67. The monoisotopic (exact) mass is 414 g/mol. The maximum atomic E-state index is 12.5. The zero-order valence-corrected chi connectivity index (χ0v) is 16.2. The predicted octanol–water partition coefficient (Wildman–Crippen LogP) is 4.32. The summed E-state index contributed by atoms with van der Waals surface area (Å²) in [5, 5.41) is 10.7. The average molecular weight is 415 g/mol. The van der Waals surface area contributed by atoms with Crippen molar-refractivity contribution in [2.45, 2.75) is 18.9 Å². The van der Waals surface area contributed by atoms with Crippen LogP contribution in [0.25, 0.3) is 5.69 Å². The quantitative estimate of drug-likeness (QED) is 0.652. The number of carbonyl (C=O) groups is 2. The summed E-state index contributed by atoms with van der Waals surface area (Å²) in [7, 11) is 0. The number of benzene rings is 2. The topological polar surface area (TPSA) is 76.0 Å². The molecule has 1 fully saturated rings. The summed E-state index contributed by atoms with van der Waals surface area (Å²) in [6, 6.07) is 12.2. The molecule has 4 rings (SSSR count). The number of aromatic nitrogens is 2. The molecule has 8 heteroatoms. The highest BCUT2D eigenvalue weighted by Crippen LogP contribution is 2.24. The lowest BCUT2D eigenvalue weighted by Crippen LogP contribution is -2.25. The van der Waals surface area contributed by atoms with Crippen molar-refractivity contribution in [2.75, 3.05) is 5.32 Å². The van der Waals surface area contributed by atoms with Crippen LogP contribution in [0.5, 0.6) is 0 Å². The number of hydrogen-bond acceptors (Lipinski definition) is 3. The number of rotatable bonds is 5.